The Bertz CT molecular complexity index is 458. The Morgan fingerprint density at radius 2 is 2.11 bits per heavy atom. The Morgan fingerprint density at radius 3 is 2.67 bits per heavy atom. The Balaban J connectivity index is 2.32. The number of anilines is 1. The summed E-state index contributed by atoms with van der Waals surface area (Å²) in [5.74, 6) is -0.0320. The van der Waals surface area contributed by atoms with E-state index in [1.54, 1.807) is 0 Å². The second kappa shape index (κ2) is 5.67. The van der Waals surface area contributed by atoms with Gasteiger partial charge in [0.1, 0.15) is 0 Å². The number of allylic oxidation sites excluding steroid dienone is 1. The molecule has 0 saturated heterocycles. The standard InChI is InChI=1S/C16H19NO/c1-3-16(18)17(14-7-5-4-6-8-14)15-11-9-13(2)10-12-15/h3,5,7,9-12,14H,1,4,6,8H2,2H3. The van der Waals surface area contributed by atoms with Gasteiger partial charge in [0.05, 0.1) is 6.04 Å². The van der Waals surface area contributed by atoms with Gasteiger partial charge in [-0.25, -0.2) is 0 Å². The molecule has 1 aromatic carbocycles. The van der Waals surface area contributed by atoms with Crippen molar-refractivity contribution < 1.29 is 4.79 Å². The minimum absolute atomic E-state index is 0.0320. The Labute approximate surface area is 109 Å². The predicted octanol–water partition coefficient (Wildman–Crippen LogP) is 3.62. The van der Waals surface area contributed by atoms with Crippen LogP contribution in [0.15, 0.2) is 49.1 Å². The van der Waals surface area contributed by atoms with Crippen molar-refractivity contribution in [2.75, 3.05) is 4.90 Å². The van der Waals surface area contributed by atoms with Crippen molar-refractivity contribution in [3.8, 4) is 0 Å². The quantitative estimate of drug-likeness (QED) is 0.584. The molecule has 0 saturated carbocycles. The van der Waals surface area contributed by atoms with E-state index in [1.807, 2.05) is 36.1 Å². The third kappa shape index (κ3) is 2.70. The van der Waals surface area contributed by atoms with Gasteiger partial charge < -0.3 is 4.90 Å². The van der Waals surface area contributed by atoms with E-state index in [0.717, 1.165) is 24.9 Å². The molecule has 0 aromatic heterocycles. The molecule has 0 spiro atoms. The van der Waals surface area contributed by atoms with Crippen LogP contribution in [0.25, 0.3) is 0 Å². The molecule has 1 aliphatic rings. The van der Waals surface area contributed by atoms with E-state index in [1.165, 1.54) is 11.6 Å². The Hall–Kier alpha value is -1.83. The first-order valence-corrected chi connectivity index (χ1v) is 6.41. The van der Waals surface area contributed by atoms with Gasteiger partial charge in [-0.1, -0.05) is 36.4 Å². The highest BCUT2D eigenvalue weighted by Crippen LogP contribution is 2.24. The topological polar surface area (TPSA) is 20.3 Å². The monoisotopic (exact) mass is 241 g/mol. The number of carbonyl (C=O) groups is 1. The summed E-state index contributed by atoms with van der Waals surface area (Å²) in [6, 6.07) is 8.22. The first kappa shape index (κ1) is 12.6. The third-order valence-corrected chi connectivity index (χ3v) is 3.28. The van der Waals surface area contributed by atoms with E-state index < -0.39 is 0 Å². The molecule has 0 N–H and O–H groups in total. The lowest BCUT2D eigenvalue weighted by atomic mass is 10.0. The number of hydrogen-bond acceptors (Lipinski definition) is 1. The van der Waals surface area contributed by atoms with Crippen LogP contribution in [0.5, 0.6) is 0 Å². The number of rotatable bonds is 3. The van der Waals surface area contributed by atoms with Gasteiger partial charge in [0.2, 0.25) is 0 Å². The second-order valence-corrected chi connectivity index (χ2v) is 4.67. The molecule has 0 heterocycles. The zero-order valence-corrected chi connectivity index (χ0v) is 10.8. The highest BCUT2D eigenvalue weighted by molar-refractivity contribution is 6.01. The molecule has 0 fully saturated rings. The summed E-state index contributed by atoms with van der Waals surface area (Å²) >= 11 is 0. The predicted molar refractivity (Wildman–Crippen MR) is 75.6 cm³/mol. The van der Waals surface area contributed by atoms with Gasteiger partial charge in [0.15, 0.2) is 0 Å². The third-order valence-electron chi connectivity index (χ3n) is 3.28. The van der Waals surface area contributed by atoms with Gasteiger partial charge in [0.25, 0.3) is 5.91 Å². The molecule has 94 valence electrons. The Morgan fingerprint density at radius 1 is 1.39 bits per heavy atom. The summed E-state index contributed by atoms with van der Waals surface area (Å²) in [5.41, 5.74) is 2.14. The fraction of sp³-hybridized carbons (Fsp3) is 0.312. The van der Waals surface area contributed by atoms with Gasteiger partial charge in [-0.15, -0.1) is 0 Å². The maximum Gasteiger partial charge on any atom is 0.250 e. The zero-order valence-electron chi connectivity index (χ0n) is 10.8. The summed E-state index contributed by atoms with van der Waals surface area (Å²) in [4.78, 5) is 13.9. The van der Waals surface area contributed by atoms with E-state index >= 15 is 0 Å². The zero-order chi connectivity index (χ0) is 13.0. The maximum absolute atomic E-state index is 12.1. The number of hydrogen-bond donors (Lipinski definition) is 0. The van der Waals surface area contributed by atoms with Gasteiger partial charge in [0, 0.05) is 5.69 Å². The van der Waals surface area contributed by atoms with Crippen molar-refractivity contribution >= 4 is 11.6 Å². The van der Waals surface area contributed by atoms with E-state index in [9.17, 15) is 4.79 Å². The molecule has 0 radical (unpaired) electrons. The summed E-state index contributed by atoms with van der Waals surface area (Å²) < 4.78 is 0. The smallest absolute Gasteiger partial charge is 0.250 e. The Kier molecular flexibility index (Phi) is 3.98. The minimum Gasteiger partial charge on any atom is -0.302 e. The van der Waals surface area contributed by atoms with Crippen molar-refractivity contribution in [1.82, 2.24) is 0 Å². The van der Waals surface area contributed by atoms with Crippen molar-refractivity contribution in [1.29, 1.82) is 0 Å². The summed E-state index contributed by atoms with van der Waals surface area (Å²) in [5, 5.41) is 0. The van der Waals surface area contributed by atoms with Crippen LogP contribution >= 0.6 is 0 Å². The molecule has 2 rings (SSSR count). The minimum atomic E-state index is -0.0320. The van der Waals surface area contributed by atoms with Gasteiger partial charge >= 0.3 is 0 Å². The van der Waals surface area contributed by atoms with Crippen LogP contribution in [0, 0.1) is 6.92 Å². The summed E-state index contributed by atoms with van der Waals surface area (Å²) in [6.45, 7) is 5.65. The van der Waals surface area contributed by atoms with Gasteiger partial charge in [-0.2, -0.15) is 0 Å². The molecule has 0 aliphatic heterocycles. The molecule has 1 atom stereocenters. The number of carbonyl (C=O) groups excluding carboxylic acids is 1. The molecule has 1 aromatic rings. The van der Waals surface area contributed by atoms with Crippen LogP contribution in [0.2, 0.25) is 0 Å². The number of aryl methyl sites for hydroxylation is 1. The van der Waals surface area contributed by atoms with Crippen LogP contribution in [-0.2, 0) is 4.79 Å². The second-order valence-electron chi connectivity index (χ2n) is 4.67. The van der Waals surface area contributed by atoms with Crippen LogP contribution in [0.1, 0.15) is 24.8 Å². The SMILES string of the molecule is C=CC(=O)N(c1ccc(C)cc1)C1C=CCCC1. The highest BCUT2D eigenvalue weighted by Gasteiger charge is 2.22. The largest absolute Gasteiger partial charge is 0.302 e. The normalized spacial score (nSPS) is 18.4. The molecule has 2 nitrogen and oxygen atoms in total. The fourth-order valence-electron chi connectivity index (χ4n) is 2.30. The molecular formula is C16H19NO. The first-order chi connectivity index (χ1) is 8.72. The molecule has 2 heteroatoms. The maximum atomic E-state index is 12.1. The van der Waals surface area contributed by atoms with Crippen molar-refractivity contribution in [3.05, 3.63) is 54.6 Å². The number of amides is 1. The molecule has 0 bridgehead atoms. The van der Waals surface area contributed by atoms with Crippen LogP contribution in [-0.4, -0.2) is 11.9 Å². The molecule has 1 unspecified atom stereocenters. The van der Waals surface area contributed by atoms with E-state index in [2.05, 4.69) is 18.7 Å². The molecular weight excluding hydrogens is 222 g/mol. The van der Waals surface area contributed by atoms with Crippen LogP contribution in [0.4, 0.5) is 5.69 Å². The molecule has 1 amide bonds. The molecule has 18 heavy (non-hydrogen) atoms. The number of nitrogens with zero attached hydrogens (tertiary/aromatic N) is 1. The van der Waals surface area contributed by atoms with Gasteiger partial charge in [-0.3, -0.25) is 4.79 Å². The van der Waals surface area contributed by atoms with Crippen molar-refractivity contribution in [2.45, 2.75) is 32.2 Å². The average Bonchev–Trinajstić information content (AvgIpc) is 2.42. The number of benzene rings is 1. The van der Waals surface area contributed by atoms with Crippen LogP contribution < -0.4 is 4.90 Å². The van der Waals surface area contributed by atoms with E-state index in [-0.39, 0.29) is 11.9 Å². The lowest BCUT2D eigenvalue weighted by molar-refractivity contribution is -0.114. The van der Waals surface area contributed by atoms with E-state index in [4.69, 9.17) is 0 Å². The average molecular weight is 241 g/mol. The van der Waals surface area contributed by atoms with Gasteiger partial charge in [-0.05, 0) is 44.4 Å². The lowest BCUT2D eigenvalue weighted by Gasteiger charge is -2.30. The first-order valence-electron chi connectivity index (χ1n) is 6.41. The van der Waals surface area contributed by atoms with Crippen LogP contribution in [0.3, 0.4) is 0 Å². The summed E-state index contributed by atoms with van der Waals surface area (Å²) in [7, 11) is 0. The molecule has 1 aliphatic carbocycles. The van der Waals surface area contributed by atoms with E-state index in [0.29, 0.717) is 0 Å². The summed E-state index contributed by atoms with van der Waals surface area (Å²) in [6.07, 6.45) is 8.94. The van der Waals surface area contributed by atoms with Crippen molar-refractivity contribution in [3.63, 3.8) is 0 Å². The lowest BCUT2D eigenvalue weighted by Crippen LogP contribution is -2.39. The fourth-order valence-corrected chi connectivity index (χ4v) is 2.30. The highest BCUT2D eigenvalue weighted by atomic mass is 16.2. The van der Waals surface area contributed by atoms with Crippen molar-refractivity contribution in [2.24, 2.45) is 0 Å².